The average molecular weight is 489 g/mol. The first-order chi connectivity index (χ1) is 18.3. The van der Waals surface area contributed by atoms with Crippen molar-refractivity contribution in [3.63, 3.8) is 0 Å². The van der Waals surface area contributed by atoms with Crippen molar-refractivity contribution in [1.82, 2.24) is 40.1 Å². The van der Waals surface area contributed by atoms with Crippen LogP contribution in [0.5, 0.6) is 5.75 Å². The first-order valence-electron chi connectivity index (χ1n) is 12.5. The van der Waals surface area contributed by atoms with E-state index in [1.165, 1.54) is 19.3 Å². The number of nitrogens with zero attached hydrogens (tertiary/aromatic N) is 6. The molecule has 7 rings (SSSR count). The molecule has 6 heterocycles. The molecule has 0 saturated heterocycles. The van der Waals surface area contributed by atoms with Gasteiger partial charge < -0.3 is 9.72 Å². The maximum Gasteiger partial charge on any atom is 0.178 e. The Bertz CT molecular complexity index is 1700. The van der Waals surface area contributed by atoms with E-state index in [1.54, 1.807) is 18.6 Å². The van der Waals surface area contributed by atoms with Crippen LogP contribution in [0.15, 0.2) is 67.4 Å². The normalized spacial score (nSPS) is 14.4. The molecule has 1 aliphatic carbocycles. The predicted molar refractivity (Wildman–Crippen MR) is 141 cm³/mol. The first kappa shape index (κ1) is 21.6. The Morgan fingerprint density at radius 3 is 2.68 bits per heavy atom. The molecule has 2 N–H and O–H groups in total. The second-order valence-corrected chi connectivity index (χ2v) is 9.34. The molecule has 9 heteroatoms. The number of ether oxygens (including phenoxy) is 1. The summed E-state index contributed by atoms with van der Waals surface area (Å²) in [7, 11) is 0. The van der Waals surface area contributed by atoms with Crippen LogP contribution in [-0.2, 0) is 0 Å². The van der Waals surface area contributed by atoms with Crippen molar-refractivity contribution in [1.29, 1.82) is 0 Å². The number of fused-ring (bicyclic) bond motifs is 2. The van der Waals surface area contributed by atoms with E-state index in [0.29, 0.717) is 17.2 Å². The Kier molecular flexibility index (Phi) is 5.31. The standard InChI is InChI=1S/C28H24N8O/c1-2-6-19(7-3-1)37-20-13-18(15-30-16-20)22-8-9-23-25(32-22)26(36-35-23)28-33-24-21(10-12-31-27(24)34-28)17-5-4-11-29-14-17/h4-5,8-16,19H,1-3,6-7H2,(H,35,36)(H,31,33,34). The lowest BCUT2D eigenvalue weighted by molar-refractivity contribution is 0.154. The van der Waals surface area contributed by atoms with E-state index in [0.717, 1.165) is 57.5 Å². The number of aromatic nitrogens is 8. The molecule has 0 aromatic carbocycles. The molecule has 1 aliphatic rings. The summed E-state index contributed by atoms with van der Waals surface area (Å²) in [4.78, 5) is 26.2. The number of nitrogens with one attached hydrogen (secondary N) is 2. The van der Waals surface area contributed by atoms with Crippen molar-refractivity contribution in [2.75, 3.05) is 0 Å². The van der Waals surface area contributed by atoms with Crippen LogP contribution in [0.3, 0.4) is 0 Å². The number of aromatic amines is 2. The van der Waals surface area contributed by atoms with Gasteiger partial charge in [0.25, 0.3) is 0 Å². The third-order valence-electron chi connectivity index (χ3n) is 6.86. The zero-order valence-corrected chi connectivity index (χ0v) is 20.1. The number of hydrogen-bond donors (Lipinski definition) is 2. The predicted octanol–water partition coefficient (Wildman–Crippen LogP) is 5.73. The van der Waals surface area contributed by atoms with E-state index >= 15 is 0 Å². The van der Waals surface area contributed by atoms with E-state index in [4.69, 9.17) is 14.7 Å². The Hall–Kier alpha value is -4.66. The van der Waals surface area contributed by atoms with Gasteiger partial charge in [0.1, 0.15) is 11.3 Å². The van der Waals surface area contributed by atoms with Gasteiger partial charge in [-0.1, -0.05) is 12.5 Å². The van der Waals surface area contributed by atoms with Crippen molar-refractivity contribution < 1.29 is 4.74 Å². The minimum absolute atomic E-state index is 0.264. The second kappa shape index (κ2) is 9.09. The van der Waals surface area contributed by atoms with Gasteiger partial charge in [0.15, 0.2) is 17.2 Å². The largest absolute Gasteiger partial charge is 0.489 e. The van der Waals surface area contributed by atoms with Gasteiger partial charge in [0.2, 0.25) is 0 Å². The van der Waals surface area contributed by atoms with Crippen molar-refractivity contribution in [2.24, 2.45) is 0 Å². The van der Waals surface area contributed by atoms with Crippen LogP contribution in [0.1, 0.15) is 32.1 Å². The van der Waals surface area contributed by atoms with Gasteiger partial charge in [-0.2, -0.15) is 5.10 Å². The van der Waals surface area contributed by atoms with Gasteiger partial charge in [-0.3, -0.25) is 15.1 Å². The van der Waals surface area contributed by atoms with Crippen molar-refractivity contribution in [3.05, 3.63) is 67.4 Å². The van der Waals surface area contributed by atoms with Crippen LogP contribution in [0.4, 0.5) is 0 Å². The third-order valence-corrected chi connectivity index (χ3v) is 6.86. The molecule has 182 valence electrons. The highest BCUT2D eigenvalue weighted by Crippen LogP contribution is 2.31. The van der Waals surface area contributed by atoms with Gasteiger partial charge >= 0.3 is 0 Å². The van der Waals surface area contributed by atoms with Crippen LogP contribution in [0.2, 0.25) is 0 Å². The van der Waals surface area contributed by atoms with Crippen LogP contribution in [-0.4, -0.2) is 46.2 Å². The number of imidazole rings is 1. The van der Waals surface area contributed by atoms with Gasteiger partial charge in [-0.25, -0.2) is 15.0 Å². The average Bonchev–Trinajstić information content (AvgIpc) is 3.58. The fraction of sp³-hybridized carbons (Fsp3) is 0.214. The van der Waals surface area contributed by atoms with E-state index in [9.17, 15) is 0 Å². The van der Waals surface area contributed by atoms with E-state index in [-0.39, 0.29) is 6.10 Å². The van der Waals surface area contributed by atoms with Crippen LogP contribution < -0.4 is 4.74 Å². The molecule has 0 atom stereocenters. The highest BCUT2D eigenvalue weighted by molar-refractivity contribution is 5.94. The molecule has 0 unspecified atom stereocenters. The number of H-pyrrole nitrogens is 2. The van der Waals surface area contributed by atoms with Crippen LogP contribution in [0.25, 0.3) is 56.1 Å². The molecule has 6 aromatic rings. The molecule has 37 heavy (non-hydrogen) atoms. The summed E-state index contributed by atoms with van der Waals surface area (Å²) < 4.78 is 6.23. The molecular weight excluding hydrogens is 464 g/mol. The lowest BCUT2D eigenvalue weighted by atomic mass is 9.98. The smallest absolute Gasteiger partial charge is 0.178 e. The SMILES string of the molecule is c1cncc(-c2ccnc3nc(-c4n[nH]c5ccc(-c6cncc(OC7CCCCC7)c6)nc45)[nH]c23)c1. The van der Waals surface area contributed by atoms with Crippen molar-refractivity contribution in [2.45, 2.75) is 38.2 Å². The molecule has 0 aliphatic heterocycles. The maximum absolute atomic E-state index is 6.23. The quantitative estimate of drug-likeness (QED) is 0.318. The molecular formula is C28H24N8O. The minimum atomic E-state index is 0.264. The third kappa shape index (κ3) is 4.08. The fourth-order valence-electron chi connectivity index (χ4n) is 5.01. The summed E-state index contributed by atoms with van der Waals surface area (Å²) in [6.45, 7) is 0. The van der Waals surface area contributed by atoms with E-state index in [2.05, 4.69) is 30.1 Å². The topological polar surface area (TPSA) is 118 Å². The molecule has 0 amide bonds. The molecule has 1 fully saturated rings. The minimum Gasteiger partial charge on any atom is -0.489 e. The second-order valence-electron chi connectivity index (χ2n) is 9.34. The molecule has 0 spiro atoms. The molecule has 6 aromatic heterocycles. The van der Waals surface area contributed by atoms with Crippen LogP contribution in [0, 0.1) is 0 Å². The monoisotopic (exact) mass is 488 g/mol. The molecule has 1 saturated carbocycles. The molecule has 0 radical (unpaired) electrons. The maximum atomic E-state index is 6.23. The zero-order chi connectivity index (χ0) is 24.6. The van der Waals surface area contributed by atoms with E-state index in [1.807, 2.05) is 48.8 Å². The first-order valence-corrected chi connectivity index (χ1v) is 12.5. The summed E-state index contributed by atoms with van der Waals surface area (Å²) in [6, 6.07) is 11.8. The van der Waals surface area contributed by atoms with Crippen LogP contribution >= 0.6 is 0 Å². The zero-order valence-electron chi connectivity index (χ0n) is 20.1. The summed E-state index contributed by atoms with van der Waals surface area (Å²) in [5.41, 5.74) is 7.27. The number of hydrogen-bond acceptors (Lipinski definition) is 7. The lowest BCUT2D eigenvalue weighted by Crippen LogP contribution is -2.19. The van der Waals surface area contributed by atoms with Gasteiger partial charge in [-0.15, -0.1) is 0 Å². The number of pyridine rings is 4. The Balaban J connectivity index is 1.26. The summed E-state index contributed by atoms with van der Waals surface area (Å²) in [5, 5.41) is 7.61. The highest BCUT2D eigenvalue weighted by Gasteiger charge is 2.18. The summed E-state index contributed by atoms with van der Waals surface area (Å²) in [6.07, 6.45) is 15.1. The summed E-state index contributed by atoms with van der Waals surface area (Å²) in [5.74, 6) is 1.38. The highest BCUT2D eigenvalue weighted by atomic mass is 16.5. The molecule has 9 nitrogen and oxygen atoms in total. The Morgan fingerprint density at radius 2 is 1.78 bits per heavy atom. The fourth-order valence-corrected chi connectivity index (χ4v) is 5.01. The molecule has 0 bridgehead atoms. The van der Waals surface area contributed by atoms with Gasteiger partial charge in [0.05, 0.1) is 29.0 Å². The van der Waals surface area contributed by atoms with Gasteiger partial charge in [0, 0.05) is 41.5 Å². The van der Waals surface area contributed by atoms with Crippen molar-refractivity contribution in [3.8, 4) is 39.7 Å². The van der Waals surface area contributed by atoms with Crippen molar-refractivity contribution >= 4 is 22.2 Å². The van der Waals surface area contributed by atoms with Gasteiger partial charge in [-0.05, 0) is 56.0 Å². The Morgan fingerprint density at radius 1 is 0.865 bits per heavy atom. The van der Waals surface area contributed by atoms with E-state index < -0.39 is 0 Å². The Labute approximate surface area is 212 Å². The lowest BCUT2D eigenvalue weighted by Gasteiger charge is -2.22. The number of rotatable bonds is 5. The summed E-state index contributed by atoms with van der Waals surface area (Å²) >= 11 is 0.